The molecule has 1 aliphatic rings. The predicted octanol–water partition coefficient (Wildman–Crippen LogP) is 1.91. The summed E-state index contributed by atoms with van der Waals surface area (Å²) in [4.78, 5) is 37.1. The van der Waals surface area contributed by atoms with Gasteiger partial charge >= 0.3 is 11.9 Å². The number of hydrogen-bond acceptors (Lipinski definition) is 4. The number of rotatable bonds is 8. The van der Waals surface area contributed by atoms with Crippen molar-refractivity contribution < 1.29 is 24.6 Å². The first-order chi connectivity index (χ1) is 12.9. The maximum Gasteiger partial charge on any atom is 0.323 e. The van der Waals surface area contributed by atoms with Gasteiger partial charge in [0.2, 0.25) is 5.91 Å². The van der Waals surface area contributed by atoms with Crippen molar-refractivity contribution in [3.8, 4) is 0 Å². The SMILES string of the molecule is CC1CCCCC(NC(CCc2ccccc2)C(=O)O)C(=O)N1CC(=O)O. The average Bonchev–Trinajstić information content (AvgIpc) is 2.63. The van der Waals surface area contributed by atoms with Gasteiger partial charge in [0.15, 0.2) is 0 Å². The predicted molar refractivity (Wildman–Crippen MR) is 100 cm³/mol. The fourth-order valence-corrected chi connectivity index (χ4v) is 3.50. The highest BCUT2D eigenvalue weighted by atomic mass is 16.4. The van der Waals surface area contributed by atoms with E-state index in [9.17, 15) is 19.5 Å². The molecular weight excluding hydrogens is 348 g/mol. The Kier molecular flexibility index (Phi) is 7.79. The Morgan fingerprint density at radius 3 is 2.48 bits per heavy atom. The molecular formula is C20H28N2O5. The minimum atomic E-state index is -1.06. The zero-order chi connectivity index (χ0) is 19.8. The van der Waals surface area contributed by atoms with E-state index in [1.54, 1.807) is 0 Å². The van der Waals surface area contributed by atoms with Crippen LogP contribution in [0.2, 0.25) is 0 Å². The lowest BCUT2D eigenvalue weighted by molar-refractivity contribution is -0.148. The molecule has 0 aliphatic carbocycles. The lowest BCUT2D eigenvalue weighted by atomic mass is 9.97. The van der Waals surface area contributed by atoms with Crippen LogP contribution in [0.5, 0.6) is 0 Å². The van der Waals surface area contributed by atoms with E-state index < -0.39 is 24.0 Å². The highest BCUT2D eigenvalue weighted by Crippen LogP contribution is 2.19. The minimum absolute atomic E-state index is 0.175. The molecule has 1 aromatic rings. The number of aryl methyl sites for hydroxylation is 1. The molecule has 7 nitrogen and oxygen atoms in total. The molecule has 27 heavy (non-hydrogen) atoms. The van der Waals surface area contributed by atoms with E-state index in [-0.39, 0.29) is 18.5 Å². The number of nitrogens with zero attached hydrogens (tertiary/aromatic N) is 1. The summed E-state index contributed by atoms with van der Waals surface area (Å²) in [5, 5.41) is 21.7. The second-order valence-electron chi connectivity index (χ2n) is 7.13. The summed E-state index contributed by atoms with van der Waals surface area (Å²) in [6.07, 6.45) is 3.89. The molecule has 148 valence electrons. The topological polar surface area (TPSA) is 107 Å². The van der Waals surface area contributed by atoms with Crippen molar-refractivity contribution in [2.24, 2.45) is 0 Å². The maximum absolute atomic E-state index is 12.9. The number of benzene rings is 1. The Hall–Kier alpha value is -2.41. The average molecular weight is 376 g/mol. The summed E-state index contributed by atoms with van der Waals surface area (Å²) in [7, 11) is 0. The number of nitrogens with one attached hydrogen (secondary N) is 1. The van der Waals surface area contributed by atoms with Crippen LogP contribution < -0.4 is 5.32 Å². The Morgan fingerprint density at radius 2 is 1.85 bits per heavy atom. The summed E-state index contributed by atoms with van der Waals surface area (Å²) in [6.45, 7) is 1.48. The number of carboxylic acid groups (broad SMARTS) is 2. The molecule has 1 heterocycles. The zero-order valence-electron chi connectivity index (χ0n) is 15.6. The molecule has 1 amide bonds. The molecule has 0 saturated carbocycles. The van der Waals surface area contributed by atoms with E-state index in [0.717, 1.165) is 24.8 Å². The maximum atomic E-state index is 12.9. The van der Waals surface area contributed by atoms with Crippen molar-refractivity contribution >= 4 is 17.8 Å². The molecule has 3 unspecified atom stereocenters. The fourth-order valence-electron chi connectivity index (χ4n) is 3.50. The van der Waals surface area contributed by atoms with Crippen molar-refractivity contribution in [3.63, 3.8) is 0 Å². The van der Waals surface area contributed by atoms with Gasteiger partial charge in [-0.15, -0.1) is 0 Å². The first-order valence-corrected chi connectivity index (χ1v) is 9.43. The van der Waals surface area contributed by atoms with Crippen molar-refractivity contribution in [1.82, 2.24) is 10.2 Å². The van der Waals surface area contributed by atoms with Crippen LogP contribution in [0.4, 0.5) is 0 Å². The Balaban J connectivity index is 2.07. The van der Waals surface area contributed by atoms with Crippen molar-refractivity contribution in [2.75, 3.05) is 6.54 Å². The third kappa shape index (κ3) is 6.36. The monoisotopic (exact) mass is 376 g/mol. The fraction of sp³-hybridized carbons (Fsp3) is 0.550. The highest BCUT2D eigenvalue weighted by Gasteiger charge is 2.33. The van der Waals surface area contributed by atoms with E-state index in [1.165, 1.54) is 4.90 Å². The van der Waals surface area contributed by atoms with Crippen LogP contribution >= 0.6 is 0 Å². The van der Waals surface area contributed by atoms with E-state index in [4.69, 9.17) is 5.11 Å². The van der Waals surface area contributed by atoms with Crippen LogP contribution in [-0.2, 0) is 20.8 Å². The molecule has 3 N–H and O–H groups in total. The highest BCUT2D eigenvalue weighted by molar-refractivity contribution is 5.86. The van der Waals surface area contributed by atoms with Gasteiger partial charge in [0.25, 0.3) is 0 Å². The molecule has 3 atom stereocenters. The second kappa shape index (κ2) is 10.1. The number of carboxylic acids is 2. The van der Waals surface area contributed by atoms with E-state index >= 15 is 0 Å². The van der Waals surface area contributed by atoms with Gasteiger partial charge in [-0.25, -0.2) is 0 Å². The third-order valence-corrected chi connectivity index (χ3v) is 5.05. The van der Waals surface area contributed by atoms with Crippen LogP contribution in [-0.4, -0.2) is 57.6 Å². The summed E-state index contributed by atoms with van der Waals surface area (Å²) < 4.78 is 0. The van der Waals surface area contributed by atoms with E-state index in [0.29, 0.717) is 19.3 Å². The van der Waals surface area contributed by atoms with Crippen molar-refractivity contribution in [3.05, 3.63) is 35.9 Å². The Morgan fingerprint density at radius 1 is 1.19 bits per heavy atom. The Labute approximate surface area is 159 Å². The quantitative estimate of drug-likeness (QED) is 0.640. The van der Waals surface area contributed by atoms with Crippen LogP contribution in [0, 0.1) is 0 Å². The van der Waals surface area contributed by atoms with Crippen LogP contribution in [0.1, 0.15) is 44.6 Å². The summed E-state index contributed by atoms with van der Waals surface area (Å²) in [5.74, 6) is -2.39. The smallest absolute Gasteiger partial charge is 0.323 e. The summed E-state index contributed by atoms with van der Waals surface area (Å²) in [6, 6.07) is 7.88. The van der Waals surface area contributed by atoms with Gasteiger partial charge in [-0.3, -0.25) is 19.7 Å². The standard InChI is InChI=1S/C20H28N2O5/c1-14-7-5-6-10-16(19(25)22(14)13-18(23)24)21-17(20(26)27)12-11-15-8-3-2-4-9-15/h2-4,8-9,14,16-17,21H,5-7,10-13H2,1H3,(H,23,24)(H,26,27). The number of aliphatic carboxylic acids is 2. The molecule has 0 bridgehead atoms. The van der Waals surface area contributed by atoms with Gasteiger partial charge in [0.05, 0.1) is 6.04 Å². The van der Waals surface area contributed by atoms with Crippen LogP contribution in [0.25, 0.3) is 0 Å². The molecule has 1 aromatic carbocycles. The molecule has 2 rings (SSSR count). The first-order valence-electron chi connectivity index (χ1n) is 9.43. The number of carbonyl (C=O) groups excluding carboxylic acids is 1. The number of likely N-dealkylation sites (tertiary alicyclic amines) is 1. The molecule has 1 aliphatic heterocycles. The number of amides is 1. The zero-order valence-corrected chi connectivity index (χ0v) is 15.6. The van der Waals surface area contributed by atoms with Gasteiger partial charge in [0.1, 0.15) is 12.6 Å². The summed E-state index contributed by atoms with van der Waals surface area (Å²) in [5.41, 5.74) is 1.04. The number of hydrogen-bond donors (Lipinski definition) is 3. The van der Waals surface area contributed by atoms with Crippen molar-refractivity contribution in [2.45, 2.75) is 63.6 Å². The second-order valence-corrected chi connectivity index (χ2v) is 7.13. The van der Waals surface area contributed by atoms with Crippen LogP contribution in [0.15, 0.2) is 30.3 Å². The normalized spacial score (nSPS) is 22.0. The largest absolute Gasteiger partial charge is 0.480 e. The van der Waals surface area contributed by atoms with Gasteiger partial charge in [0, 0.05) is 6.04 Å². The molecule has 0 spiro atoms. The number of carbonyl (C=O) groups is 3. The van der Waals surface area contributed by atoms with Gasteiger partial charge in [-0.2, -0.15) is 0 Å². The lowest BCUT2D eigenvalue weighted by Gasteiger charge is -2.35. The summed E-state index contributed by atoms with van der Waals surface area (Å²) >= 11 is 0. The Bertz CT molecular complexity index is 649. The molecule has 1 saturated heterocycles. The van der Waals surface area contributed by atoms with Gasteiger partial charge in [-0.05, 0) is 38.2 Å². The van der Waals surface area contributed by atoms with E-state index in [2.05, 4.69) is 5.32 Å². The van der Waals surface area contributed by atoms with Crippen LogP contribution in [0.3, 0.4) is 0 Å². The van der Waals surface area contributed by atoms with Gasteiger partial charge < -0.3 is 15.1 Å². The third-order valence-electron chi connectivity index (χ3n) is 5.05. The lowest BCUT2D eigenvalue weighted by Crippen LogP contribution is -2.55. The van der Waals surface area contributed by atoms with Crippen molar-refractivity contribution in [1.29, 1.82) is 0 Å². The first kappa shape index (κ1) is 20.9. The van der Waals surface area contributed by atoms with E-state index in [1.807, 2.05) is 37.3 Å². The molecule has 0 radical (unpaired) electrons. The molecule has 0 aromatic heterocycles. The van der Waals surface area contributed by atoms with Gasteiger partial charge in [-0.1, -0.05) is 43.2 Å². The molecule has 1 fully saturated rings. The minimum Gasteiger partial charge on any atom is -0.480 e. The molecule has 7 heteroatoms.